The molecule has 5 nitrogen and oxygen atoms in total. The lowest BCUT2D eigenvalue weighted by atomic mass is 10.1. The highest BCUT2D eigenvalue weighted by Crippen LogP contribution is 2.26. The minimum Gasteiger partial charge on any atom is -0.444 e. The molecule has 0 fully saturated rings. The average molecular weight is 203 g/mol. The molecule has 0 bridgehead atoms. The second kappa shape index (κ2) is 2.73. The number of nitrogens with zero attached hydrogens (tertiary/aromatic N) is 1. The lowest BCUT2D eigenvalue weighted by molar-refractivity contribution is 0.151. The van der Waals surface area contributed by atoms with Gasteiger partial charge < -0.3 is 9.72 Å². The van der Waals surface area contributed by atoms with Crippen LogP contribution in [0.25, 0.3) is 11.0 Å². The van der Waals surface area contributed by atoms with Crippen LogP contribution in [0.2, 0.25) is 0 Å². The highest BCUT2D eigenvalue weighted by Gasteiger charge is 2.16. The van der Waals surface area contributed by atoms with Gasteiger partial charge >= 0.3 is 6.09 Å². The molecule has 0 atom stereocenters. The van der Waals surface area contributed by atoms with Crippen LogP contribution >= 0.6 is 0 Å². The Labute approximate surface area is 85.5 Å². The van der Waals surface area contributed by atoms with E-state index in [4.69, 9.17) is 4.74 Å². The first-order valence-corrected chi connectivity index (χ1v) is 4.65. The monoisotopic (exact) mass is 203 g/mol. The zero-order chi connectivity index (χ0) is 10.4. The molecule has 15 heavy (non-hydrogen) atoms. The van der Waals surface area contributed by atoms with E-state index in [0.29, 0.717) is 6.61 Å². The van der Waals surface area contributed by atoms with Gasteiger partial charge in [-0.15, -0.1) is 0 Å². The molecule has 0 saturated heterocycles. The molecule has 1 aromatic heterocycles. The first-order chi connectivity index (χ1) is 7.22. The lowest BCUT2D eigenvalue weighted by Crippen LogP contribution is -2.20. The van der Waals surface area contributed by atoms with Crippen LogP contribution in [-0.2, 0) is 11.3 Å². The molecular formula is C10H9N3O2. The Bertz CT molecular complexity index is 559. The van der Waals surface area contributed by atoms with Crippen LogP contribution in [0.4, 0.5) is 10.5 Å². The standard InChI is InChI=1S/C10H9N3O2/c1-5-11-8-2-6-4-15-10(14)13-7(6)3-9(8)12-5/h2-3H,4H2,1H3,(H,11,12)(H,13,14). The molecule has 1 aliphatic rings. The van der Waals surface area contributed by atoms with Gasteiger partial charge in [0.15, 0.2) is 0 Å². The molecule has 0 saturated carbocycles. The Morgan fingerprint density at radius 2 is 2.33 bits per heavy atom. The zero-order valence-corrected chi connectivity index (χ0v) is 8.13. The van der Waals surface area contributed by atoms with Crippen LogP contribution in [0, 0.1) is 6.92 Å². The van der Waals surface area contributed by atoms with Gasteiger partial charge in [0.05, 0.1) is 16.7 Å². The number of nitrogens with one attached hydrogen (secondary N) is 2. The third kappa shape index (κ3) is 1.24. The Morgan fingerprint density at radius 1 is 1.47 bits per heavy atom. The molecule has 0 aliphatic carbocycles. The maximum Gasteiger partial charge on any atom is 0.411 e. The number of amides is 1. The zero-order valence-electron chi connectivity index (χ0n) is 8.13. The van der Waals surface area contributed by atoms with E-state index in [0.717, 1.165) is 28.1 Å². The summed E-state index contributed by atoms with van der Waals surface area (Å²) in [5.41, 5.74) is 3.57. The smallest absolute Gasteiger partial charge is 0.411 e. The first kappa shape index (κ1) is 8.28. The van der Waals surface area contributed by atoms with Crippen molar-refractivity contribution in [2.45, 2.75) is 13.5 Å². The quantitative estimate of drug-likeness (QED) is 0.687. The van der Waals surface area contributed by atoms with E-state index in [1.54, 1.807) is 0 Å². The van der Waals surface area contributed by atoms with Crippen LogP contribution in [-0.4, -0.2) is 16.1 Å². The van der Waals surface area contributed by atoms with Gasteiger partial charge in [-0.05, 0) is 19.1 Å². The summed E-state index contributed by atoms with van der Waals surface area (Å²) >= 11 is 0. The number of carbonyl (C=O) groups is 1. The number of rotatable bonds is 0. The van der Waals surface area contributed by atoms with Gasteiger partial charge in [0.25, 0.3) is 0 Å². The van der Waals surface area contributed by atoms with Crippen molar-refractivity contribution in [2.24, 2.45) is 0 Å². The van der Waals surface area contributed by atoms with E-state index < -0.39 is 6.09 Å². The fourth-order valence-corrected chi connectivity index (χ4v) is 1.75. The summed E-state index contributed by atoms with van der Waals surface area (Å²) in [6.07, 6.45) is -0.408. The molecule has 1 aliphatic heterocycles. The summed E-state index contributed by atoms with van der Waals surface area (Å²) in [7, 11) is 0. The van der Waals surface area contributed by atoms with Gasteiger partial charge in [-0.25, -0.2) is 9.78 Å². The van der Waals surface area contributed by atoms with Gasteiger partial charge in [0.1, 0.15) is 12.4 Å². The summed E-state index contributed by atoms with van der Waals surface area (Å²) in [5.74, 6) is 0.861. The van der Waals surface area contributed by atoms with Crippen LogP contribution in [0.1, 0.15) is 11.4 Å². The molecule has 1 aromatic carbocycles. The Morgan fingerprint density at radius 3 is 3.20 bits per heavy atom. The largest absolute Gasteiger partial charge is 0.444 e. The third-order valence-corrected chi connectivity index (χ3v) is 2.42. The first-order valence-electron chi connectivity index (χ1n) is 4.65. The number of ether oxygens (including phenoxy) is 1. The lowest BCUT2D eigenvalue weighted by Gasteiger charge is -2.16. The van der Waals surface area contributed by atoms with Crippen molar-refractivity contribution in [2.75, 3.05) is 5.32 Å². The average Bonchev–Trinajstić information content (AvgIpc) is 2.53. The second-order valence-corrected chi connectivity index (χ2v) is 3.55. The highest BCUT2D eigenvalue weighted by molar-refractivity contribution is 5.92. The van der Waals surface area contributed by atoms with Gasteiger partial charge in [0.2, 0.25) is 0 Å². The highest BCUT2D eigenvalue weighted by atomic mass is 16.5. The number of carbonyl (C=O) groups excluding carboxylic acids is 1. The predicted octanol–water partition coefficient (Wildman–Crippen LogP) is 1.93. The van der Waals surface area contributed by atoms with Crippen LogP contribution in [0.5, 0.6) is 0 Å². The fraction of sp³-hybridized carbons (Fsp3) is 0.200. The molecule has 0 spiro atoms. The number of hydrogen-bond acceptors (Lipinski definition) is 3. The Kier molecular flexibility index (Phi) is 1.50. The molecule has 76 valence electrons. The van der Waals surface area contributed by atoms with Gasteiger partial charge in [0, 0.05) is 5.56 Å². The van der Waals surface area contributed by atoms with Crippen molar-refractivity contribution in [3.63, 3.8) is 0 Å². The van der Waals surface area contributed by atoms with E-state index in [2.05, 4.69) is 15.3 Å². The van der Waals surface area contributed by atoms with Crippen LogP contribution in [0.15, 0.2) is 12.1 Å². The fourth-order valence-electron chi connectivity index (χ4n) is 1.75. The molecule has 5 heteroatoms. The maximum atomic E-state index is 11.0. The molecule has 0 unspecified atom stereocenters. The predicted molar refractivity (Wildman–Crippen MR) is 54.6 cm³/mol. The summed E-state index contributed by atoms with van der Waals surface area (Å²) in [6, 6.07) is 3.80. The number of fused-ring (bicyclic) bond motifs is 2. The number of anilines is 1. The van der Waals surface area contributed by atoms with Gasteiger partial charge in [-0.2, -0.15) is 0 Å². The van der Waals surface area contributed by atoms with E-state index >= 15 is 0 Å². The topological polar surface area (TPSA) is 67.0 Å². The number of aryl methyl sites for hydroxylation is 1. The summed E-state index contributed by atoms with van der Waals surface area (Å²) in [6.45, 7) is 2.21. The molecular weight excluding hydrogens is 194 g/mol. The van der Waals surface area contributed by atoms with Crippen LogP contribution < -0.4 is 5.32 Å². The molecule has 2 N–H and O–H groups in total. The second-order valence-electron chi connectivity index (χ2n) is 3.55. The molecule has 0 radical (unpaired) electrons. The number of benzene rings is 1. The number of aromatic amines is 1. The van der Waals surface area contributed by atoms with Crippen LogP contribution in [0.3, 0.4) is 0 Å². The molecule has 2 heterocycles. The van der Waals surface area contributed by atoms with Gasteiger partial charge in [-0.1, -0.05) is 0 Å². The Balaban J connectivity index is 2.23. The number of cyclic esters (lactones) is 1. The minimum atomic E-state index is -0.408. The normalized spacial score (nSPS) is 14.6. The molecule has 2 aromatic rings. The minimum absolute atomic E-state index is 0.315. The van der Waals surface area contributed by atoms with Crippen molar-refractivity contribution in [1.82, 2.24) is 9.97 Å². The Hall–Kier alpha value is -2.04. The SMILES string of the molecule is Cc1nc2cc3c(cc2[nH]1)COC(=O)N3. The van der Waals surface area contributed by atoms with Crippen molar-refractivity contribution < 1.29 is 9.53 Å². The molecule has 3 rings (SSSR count). The van der Waals surface area contributed by atoms with Crippen molar-refractivity contribution in [3.8, 4) is 0 Å². The summed E-state index contributed by atoms with van der Waals surface area (Å²) < 4.78 is 4.88. The van der Waals surface area contributed by atoms with Crippen molar-refractivity contribution >= 4 is 22.8 Å². The summed E-state index contributed by atoms with van der Waals surface area (Å²) in [5, 5.41) is 2.65. The van der Waals surface area contributed by atoms with E-state index in [1.165, 1.54) is 0 Å². The third-order valence-electron chi connectivity index (χ3n) is 2.42. The van der Waals surface area contributed by atoms with E-state index in [1.807, 2.05) is 19.1 Å². The van der Waals surface area contributed by atoms with Crippen molar-refractivity contribution in [3.05, 3.63) is 23.5 Å². The summed E-state index contributed by atoms with van der Waals surface area (Å²) in [4.78, 5) is 18.4. The number of aromatic nitrogens is 2. The van der Waals surface area contributed by atoms with Crippen molar-refractivity contribution in [1.29, 1.82) is 0 Å². The van der Waals surface area contributed by atoms with Gasteiger partial charge in [-0.3, -0.25) is 5.32 Å². The van der Waals surface area contributed by atoms with E-state index in [9.17, 15) is 4.79 Å². The number of H-pyrrole nitrogens is 1. The molecule has 1 amide bonds. The number of imidazole rings is 1. The van der Waals surface area contributed by atoms with E-state index in [-0.39, 0.29) is 0 Å². The number of hydrogen-bond donors (Lipinski definition) is 2. The maximum absolute atomic E-state index is 11.0.